The van der Waals surface area contributed by atoms with E-state index in [2.05, 4.69) is 5.32 Å². The number of hydrogen-bond acceptors (Lipinski definition) is 4. The van der Waals surface area contributed by atoms with E-state index in [0.717, 1.165) is 31.5 Å². The number of aromatic carboxylic acids is 1. The monoisotopic (exact) mass is 384 g/mol. The molecule has 0 unspecified atom stereocenters. The topological polar surface area (TPSA) is 99.9 Å². The lowest BCUT2D eigenvalue weighted by Gasteiger charge is -2.15. The van der Waals surface area contributed by atoms with E-state index in [-0.39, 0.29) is 23.0 Å². The molecule has 7 nitrogen and oxygen atoms in total. The maximum atomic E-state index is 12.3. The molecule has 1 aromatic carbocycles. The Labute approximate surface area is 163 Å². The van der Waals surface area contributed by atoms with Crippen LogP contribution in [-0.4, -0.2) is 40.9 Å². The van der Waals surface area contributed by atoms with E-state index in [1.54, 1.807) is 19.1 Å². The lowest BCUT2D eigenvalue weighted by Crippen LogP contribution is -2.27. The highest BCUT2D eigenvalue weighted by Gasteiger charge is 2.20. The standard InChI is InChI=1S/C21H24N2O5/c1-2-17-16(21(26)27)13-18(28-17)20(25)22-15-8-5-14(6-9-15)7-10-19(24)23-11-3-4-12-23/h5-6,8-9,13H,2-4,7,10-12H2,1H3,(H,22,25)(H,26,27). The first-order valence-corrected chi connectivity index (χ1v) is 9.52. The summed E-state index contributed by atoms with van der Waals surface area (Å²) in [4.78, 5) is 37.5. The van der Waals surface area contributed by atoms with Crippen LogP contribution in [0.25, 0.3) is 0 Å². The number of carboxylic acid groups (broad SMARTS) is 1. The third-order valence-electron chi connectivity index (χ3n) is 4.88. The largest absolute Gasteiger partial charge is 0.478 e. The predicted octanol–water partition coefficient (Wildman–Crippen LogP) is 3.35. The van der Waals surface area contributed by atoms with Crippen LogP contribution in [-0.2, 0) is 17.6 Å². The average Bonchev–Trinajstić information content (AvgIpc) is 3.37. The van der Waals surface area contributed by atoms with Gasteiger partial charge in [-0.2, -0.15) is 0 Å². The summed E-state index contributed by atoms with van der Waals surface area (Å²) in [7, 11) is 0. The van der Waals surface area contributed by atoms with E-state index in [4.69, 9.17) is 9.52 Å². The number of carbonyl (C=O) groups excluding carboxylic acids is 2. The van der Waals surface area contributed by atoms with Gasteiger partial charge in [0.05, 0.1) is 0 Å². The summed E-state index contributed by atoms with van der Waals surface area (Å²) < 4.78 is 5.36. The van der Waals surface area contributed by atoms with Crippen molar-refractivity contribution in [1.82, 2.24) is 4.90 Å². The number of hydrogen-bond donors (Lipinski definition) is 2. The maximum Gasteiger partial charge on any atom is 0.339 e. The number of nitrogens with zero attached hydrogens (tertiary/aromatic N) is 1. The zero-order valence-electron chi connectivity index (χ0n) is 15.9. The van der Waals surface area contributed by atoms with Crippen molar-refractivity contribution in [2.45, 2.75) is 39.0 Å². The van der Waals surface area contributed by atoms with Gasteiger partial charge in [0.25, 0.3) is 5.91 Å². The molecule has 2 aromatic rings. The van der Waals surface area contributed by atoms with Gasteiger partial charge in [-0.1, -0.05) is 19.1 Å². The van der Waals surface area contributed by atoms with E-state index in [9.17, 15) is 14.4 Å². The second-order valence-electron chi connectivity index (χ2n) is 6.85. The Morgan fingerprint density at radius 3 is 2.39 bits per heavy atom. The summed E-state index contributed by atoms with van der Waals surface area (Å²) in [6.07, 6.45) is 3.70. The van der Waals surface area contributed by atoms with Gasteiger partial charge < -0.3 is 19.7 Å². The van der Waals surface area contributed by atoms with Crippen LogP contribution < -0.4 is 5.32 Å². The number of benzene rings is 1. The minimum atomic E-state index is -1.12. The van der Waals surface area contributed by atoms with Crippen LogP contribution in [0, 0.1) is 0 Å². The molecular formula is C21H24N2O5. The maximum absolute atomic E-state index is 12.3. The first-order chi connectivity index (χ1) is 13.5. The molecule has 0 aliphatic carbocycles. The molecule has 0 spiro atoms. The fourth-order valence-corrected chi connectivity index (χ4v) is 3.31. The van der Waals surface area contributed by atoms with Gasteiger partial charge in [0.2, 0.25) is 5.91 Å². The Kier molecular flexibility index (Phi) is 6.13. The third kappa shape index (κ3) is 4.60. The summed E-state index contributed by atoms with van der Waals surface area (Å²) in [5.74, 6) is -1.19. The van der Waals surface area contributed by atoms with E-state index in [1.807, 2.05) is 17.0 Å². The average molecular weight is 384 g/mol. The van der Waals surface area contributed by atoms with Gasteiger partial charge in [-0.3, -0.25) is 9.59 Å². The Morgan fingerprint density at radius 2 is 1.82 bits per heavy atom. The van der Waals surface area contributed by atoms with Gasteiger partial charge in [0, 0.05) is 37.7 Å². The van der Waals surface area contributed by atoms with E-state index in [0.29, 0.717) is 24.9 Å². The number of likely N-dealkylation sites (tertiary alicyclic amines) is 1. The van der Waals surface area contributed by atoms with Crippen molar-refractivity contribution < 1.29 is 23.9 Å². The second-order valence-corrected chi connectivity index (χ2v) is 6.85. The molecular weight excluding hydrogens is 360 g/mol. The molecule has 1 aliphatic rings. The summed E-state index contributed by atoms with van der Waals surface area (Å²) in [6, 6.07) is 8.50. The summed E-state index contributed by atoms with van der Waals surface area (Å²) >= 11 is 0. The number of aryl methyl sites for hydroxylation is 2. The van der Waals surface area contributed by atoms with Gasteiger partial charge in [0.15, 0.2) is 5.76 Å². The highest BCUT2D eigenvalue weighted by atomic mass is 16.4. The molecule has 28 heavy (non-hydrogen) atoms. The van der Waals surface area contributed by atoms with Crippen molar-refractivity contribution in [1.29, 1.82) is 0 Å². The first kappa shape index (κ1) is 19.7. The number of anilines is 1. The van der Waals surface area contributed by atoms with Gasteiger partial charge in [-0.15, -0.1) is 0 Å². The molecule has 1 aromatic heterocycles. The molecule has 2 amide bonds. The van der Waals surface area contributed by atoms with Gasteiger partial charge in [-0.05, 0) is 37.0 Å². The van der Waals surface area contributed by atoms with Crippen LogP contribution in [0.2, 0.25) is 0 Å². The Bertz CT molecular complexity index is 863. The third-order valence-corrected chi connectivity index (χ3v) is 4.88. The molecule has 1 saturated heterocycles. The van der Waals surface area contributed by atoms with Crippen molar-refractivity contribution in [2.75, 3.05) is 18.4 Å². The van der Waals surface area contributed by atoms with E-state index < -0.39 is 11.9 Å². The fraction of sp³-hybridized carbons (Fsp3) is 0.381. The number of carboxylic acids is 1. The highest BCUT2D eigenvalue weighted by Crippen LogP contribution is 2.19. The minimum absolute atomic E-state index is 0.00525. The molecule has 0 atom stereocenters. The molecule has 2 N–H and O–H groups in total. The second kappa shape index (κ2) is 8.73. The zero-order valence-corrected chi connectivity index (χ0v) is 15.9. The number of furan rings is 1. The van der Waals surface area contributed by atoms with Crippen LogP contribution in [0.4, 0.5) is 5.69 Å². The van der Waals surface area contributed by atoms with Gasteiger partial charge in [-0.25, -0.2) is 4.79 Å². The highest BCUT2D eigenvalue weighted by molar-refractivity contribution is 6.04. The number of amides is 2. The van der Waals surface area contributed by atoms with Crippen LogP contribution in [0.15, 0.2) is 34.7 Å². The van der Waals surface area contributed by atoms with Crippen LogP contribution in [0.5, 0.6) is 0 Å². The summed E-state index contributed by atoms with van der Waals surface area (Å²) in [5.41, 5.74) is 1.60. The summed E-state index contributed by atoms with van der Waals surface area (Å²) in [5, 5.41) is 11.9. The Hall–Kier alpha value is -3.09. The lowest BCUT2D eigenvalue weighted by atomic mass is 10.1. The van der Waals surface area contributed by atoms with E-state index >= 15 is 0 Å². The van der Waals surface area contributed by atoms with Crippen molar-refractivity contribution in [2.24, 2.45) is 0 Å². The summed E-state index contributed by atoms with van der Waals surface area (Å²) in [6.45, 7) is 3.49. The lowest BCUT2D eigenvalue weighted by molar-refractivity contribution is -0.130. The van der Waals surface area contributed by atoms with Crippen LogP contribution in [0.3, 0.4) is 0 Å². The quantitative estimate of drug-likeness (QED) is 0.763. The number of rotatable bonds is 7. The van der Waals surface area contributed by atoms with E-state index in [1.165, 1.54) is 6.07 Å². The SMILES string of the molecule is CCc1oc(C(=O)Nc2ccc(CCC(=O)N3CCCC3)cc2)cc1C(=O)O. The van der Waals surface area contributed by atoms with Gasteiger partial charge >= 0.3 is 5.97 Å². The van der Waals surface area contributed by atoms with Crippen LogP contribution >= 0.6 is 0 Å². The van der Waals surface area contributed by atoms with Crippen molar-refractivity contribution in [3.63, 3.8) is 0 Å². The first-order valence-electron chi connectivity index (χ1n) is 9.52. The molecule has 7 heteroatoms. The van der Waals surface area contributed by atoms with Crippen molar-refractivity contribution in [3.05, 3.63) is 53.0 Å². The Balaban J connectivity index is 1.57. The fourth-order valence-electron chi connectivity index (χ4n) is 3.31. The molecule has 0 bridgehead atoms. The molecule has 0 saturated carbocycles. The van der Waals surface area contributed by atoms with Crippen LogP contribution in [0.1, 0.15) is 58.4 Å². The molecule has 2 heterocycles. The normalized spacial score (nSPS) is 13.5. The van der Waals surface area contributed by atoms with Crippen molar-refractivity contribution >= 4 is 23.5 Å². The Morgan fingerprint density at radius 1 is 1.14 bits per heavy atom. The number of carbonyl (C=O) groups is 3. The molecule has 1 fully saturated rings. The zero-order chi connectivity index (χ0) is 20.1. The molecule has 3 rings (SSSR count). The smallest absolute Gasteiger partial charge is 0.339 e. The number of nitrogens with one attached hydrogen (secondary N) is 1. The van der Waals surface area contributed by atoms with Gasteiger partial charge in [0.1, 0.15) is 11.3 Å². The molecule has 148 valence electrons. The van der Waals surface area contributed by atoms with Crippen molar-refractivity contribution in [3.8, 4) is 0 Å². The minimum Gasteiger partial charge on any atom is -0.478 e. The molecule has 1 aliphatic heterocycles. The molecule has 0 radical (unpaired) electrons. The predicted molar refractivity (Wildman–Crippen MR) is 104 cm³/mol.